The van der Waals surface area contributed by atoms with E-state index in [-0.39, 0.29) is 29.0 Å². The fourth-order valence-electron chi connectivity index (χ4n) is 3.56. The maximum Gasteiger partial charge on any atom is 0.418 e. The van der Waals surface area contributed by atoms with Gasteiger partial charge in [-0.1, -0.05) is 38.1 Å². The molecule has 0 amide bonds. The van der Waals surface area contributed by atoms with E-state index in [0.717, 1.165) is 5.56 Å². The molecule has 2 aromatic carbocycles. The Morgan fingerprint density at radius 3 is 2.30 bits per heavy atom. The van der Waals surface area contributed by atoms with Crippen LogP contribution in [-0.4, -0.2) is 35.5 Å². The number of hydrogen-bond donors (Lipinski definition) is 1. The molecule has 8 heteroatoms. The number of fused-ring (bicyclic) bond motifs is 1. The molecule has 0 spiro atoms. The van der Waals surface area contributed by atoms with Gasteiger partial charge in [0.15, 0.2) is 0 Å². The highest BCUT2D eigenvalue weighted by Crippen LogP contribution is 2.42. The standard InChI is InChI=1S/C22H25F3N2O3/c1-13(2)14-5-7-15(8-6-14)21-26-19-18(22(23,24)25)16(12-28)11-17(30-4)20(19)27(21)9-10-29-3/h5-8,11,13,28H,9-10,12H2,1-4H3. The van der Waals surface area contributed by atoms with Crippen LogP contribution in [0.3, 0.4) is 0 Å². The lowest BCUT2D eigenvalue weighted by atomic mass is 10.0. The molecule has 0 aliphatic heterocycles. The third kappa shape index (κ3) is 4.02. The number of rotatable bonds is 7. The van der Waals surface area contributed by atoms with E-state index in [1.165, 1.54) is 20.3 Å². The molecule has 0 fully saturated rings. The van der Waals surface area contributed by atoms with E-state index in [0.29, 0.717) is 23.9 Å². The number of aliphatic hydroxyl groups excluding tert-OH is 1. The molecule has 3 aromatic rings. The van der Waals surface area contributed by atoms with Crippen LogP contribution in [0.1, 0.15) is 36.5 Å². The van der Waals surface area contributed by atoms with Gasteiger partial charge in [0.05, 0.1) is 25.9 Å². The zero-order valence-electron chi connectivity index (χ0n) is 17.4. The minimum absolute atomic E-state index is 0.218. The van der Waals surface area contributed by atoms with Crippen LogP contribution in [0.15, 0.2) is 30.3 Å². The van der Waals surface area contributed by atoms with Gasteiger partial charge in [-0.3, -0.25) is 0 Å². The third-order valence-corrected chi connectivity index (χ3v) is 5.09. The van der Waals surface area contributed by atoms with Crippen molar-refractivity contribution >= 4 is 11.0 Å². The zero-order chi connectivity index (χ0) is 22.1. The average Bonchev–Trinajstić information content (AvgIpc) is 3.09. The SMILES string of the molecule is COCCn1c(-c2ccc(C(C)C)cc2)nc2c(C(F)(F)F)c(CO)cc(OC)c21. The second kappa shape index (κ2) is 8.65. The lowest BCUT2D eigenvalue weighted by Gasteiger charge is -2.16. The minimum Gasteiger partial charge on any atom is -0.494 e. The maximum absolute atomic E-state index is 13.9. The van der Waals surface area contributed by atoms with Gasteiger partial charge in [-0.15, -0.1) is 0 Å². The van der Waals surface area contributed by atoms with Crippen molar-refractivity contribution in [2.24, 2.45) is 0 Å². The Labute approximate surface area is 173 Å². The summed E-state index contributed by atoms with van der Waals surface area (Å²) in [6, 6.07) is 8.82. The first-order chi connectivity index (χ1) is 14.2. The van der Waals surface area contributed by atoms with E-state index < -0.39 is 18.3 Å². The van der Waals surface area contributed by atoms with Gasteiger partial charge in [-0.05, 0) is 23.1 Å². The molecule has 0 bridgehead atoms. The van der Waals surface area contributed by atoms with Crippen LogP contribution >= 0.6 is 0 Å². The van der Waals surface area contributed by atoms with Crippen LogP contribution in [0.4, 0.5) is 13.2 Å². The number of ether oxygens (including phenoxy) is 2. The average molecular weight is 422 g/mol. The third-order valence-electron chi connectivity index (χ3n) is 5.09. The van der Waals surface area contributed by atoms with Gasteiger partial charge in [0, 0.05) is 19.2 Å². The summed E-state index contributed by atoms with van der Waals surface area (Å²) in [6.45, 7) is 3.94. The van der Waals surface area contributed by atoms with Gasteiger partial charge in [-0.25, -0.2) is 4.98 Å². The molecular weight excluding hydrogens is 397 g/mol. The van der Waals surface area contributed by atoms with Crippen molar-refractivity contribution in [1.29, 1.82) is 0 Å². The van der Waals surface area contributed by atoms with Gasteiger partial charge in [-0.2, -0.15) is 13.2 Å². The molecule has 1 aromatic heterocycles. The summed E-state index contributed by atoms with van der Waals surface area (Å²) in [5.41, 5.74) is 0.566. The monoisotopic (exact) mass is 422 g/mol. The first-order valence-electron chi connectivity index (χ1n) is 9.60. The van der Waals surface area contributed by atoms with Crippen molar-refractivity contribution in [3.8, 4) is 17.1 Å². The maximum atomic E-state index is 13.9. The highest BCUT2D eigenvalue weighted by Gasteiger charge is 2.38. The Hall–Kier alpha value is -2.58. The van der Waals surface area contributed by atoms with Crippen LogP contribution in [-0.2, 0) is 24.1 Å². The Balaban J connectivity index is 2.36. The number of aliphatic hydroxyl groups is 1. The van der Waals surface area contributed by atoms with E-state index in [1.54, 1.807) is 4.57 Å². The molecule has 0 aliphatic rings. The summed E-state index contributed by atoms with van der Waals surface area (Å²) in [4.78, 5) is 4.39. The van der Waals surface area contributed by atoms with Gasteiger partial charge in [0.2, 0.25) is 0 Å². The molecule has 0 saturated carbocycles. The summed E-state index contributed by atoms with van der Waals surface area (Å²) in [5, 5.41) is 9.57. The van der Waals surface area contributed by atoms with E-state index in [4.69, 9.17) is 9.47 Å². The second-order valence-electron chi connectivity index (χ2n) is 7.32. The van der Waals surface area contributed by atoms with Crippen LogP contribution in [0.5, 0.6) is 5.75 Å². The number of nitrogens with zero attached hydrogens (tertiary/aromatic N) is 2. The summed E-state index contributed by atoms with van der Waals surface area (Å²) in [6.07, 6.45) is -4.68. The van der Waals surface area contributed by atoms with Gasteiger partial charge >= 0.3 is 6.18 Å². The molecule has 0 unspecified atom stereocenters. The lowest BCUT2D eigenvalue weighted by Crippen LogP contribution is -2.12. The lowest BCUT2D eigenvalue weighted by molar-refractivity contribution is -0.137. The number of imidazole rings is 1. The highest BCUT2D eigenvalue weighted by molar-refractivity contribution is 5.90. The molecular formula is C22H25F3N2O3. The molecule has 0 radical (unpaired) electrons. The molecule has 0 aliphatic carbocycles. The van der Waals surface area contributed by atoms with Crippen molar-refractivity contribution in [2.45, 2.75) is 39.1 Å². The molecule has 1 N–H and O–H groups in total. The van der Waals surface area contributed by atoms with Crippen LogP contribution in [0.2, 0.25) is 0 Å². The van der Waals surface area contributed by atoms with Crippen LogP contribution in [0, 0.1) is 0 Å². The van der Waals surface area contributed by atoms with Gasteiger partial charge in [0.1, 0.15) is 22.6 Å². The molecule has 162 valence electrons. The fraction of sp³-hybridized carbons (Fsp3) is 0.409. The Morgan fingerprint density at radius 1 is 1.13 bits per heavy atom. The molecule has 0 saturated heterocycles. The van der Waals surface area contributed by atoms with Gasteiger partial charge in [0.25, 0.3) is 0 Å². The first kappa shape index (κ1) is 22.1. The molecule has 0 atom stereocenters. The smallest absolute Gasteiger partial charge is 0.418 e. The van der Waals surface area contributed by atoms with Crippen molar-refractivity contribution in [3.63, 3.8) is 0 Å². The Morgan fingerprint density at radius 2 is 1.80 bits per heavy atom. The number of aromatic nitrogens is 2. The van der Waals surface area contributed by atoms with Crippen molar-refractivity contribution in [1.82, 2.24) is 9.55 Å². The van der Waals surface area contributed by atoms with Crippen molar-refractivity contribution in [3.05, 3.63) is 47.0 Å². The number of methoxy groups -OCH3 is 2. The topological polar surface area (TPSA) is 56.5 Å². The van der Waals surface area contributed by atoms with Crippen LogP contribution in [0.25, 0.3) is 22.4 Å². The van der Waals surface area contributed by atoms with Crippen molar-refractivity contribution < 1.29 is 27.8 Å². The van der Waals surface area contributed by atoms with Gasteiger partial charge < -0.3 is 19.1 Å². The summed E-state index contributed by atoms with van der Waals surface area (Å²) >= 11 is 0. The Bertz CT molecular complexity index is 1030. The fourth-order valence-corrected chi connectivity index (χ4v) is 3.56. The van der Waals surface area contributed by atoms with E-state index in [2.05, 4.69) is 18.8 Å². The Kier molecular flexibility index (Phi) is 6.38. The van der Waals surface area contributed by atoms with Crippen LogP contribution < -0.4 is 4.74 Å². The quantitative estimate of drug-likeness (QED) is 0.583. The first-order valence-corrected chi connectivity index (χ1v) is 9.60. The summed E-state index contributed by atoms with van der Waals surface area (Å²) < 4.78 is 54.0. The minimum atomic E-state index is -4.68. The zero-order valence-corrected chi connectivity index (χ0v) is 17.4. The van der Waals surface area contributed by atoms with Crippen molar-refractivity contribution in [2.75, 3.05) is 20.8 Å². The molecule has 1 heterocycles. The number of halogens is 3. The summed E-state index contributed by atoms with van der Waals surface area (Å²) in [5.74, 6) is 0.933. The predicted molar refractivity (Wildman–Crippen MR) is 109 cm³/mol. The highest BCUT2D eigenvalue weighted by atomic mass is 19.4. The largest absolute Gasteiger partial charge is 0.494 e. The number of hydrogen-bond acceptors (Lipinski definition) is 4. The van der Waals surface area contributed by atoms with E-state index in [1.807, 2.05) is 24.3 Å². The van der Waals surface area contributed by atoms with E-state index in [9.17, 15) is 18.3 Å². The number of alkyl halides is 3. The van der Waals surface area contributed by atoms with E-state index >= 15 is 0 Å². The normalized spacial score (nSPS) is 12.2. The molecule has 3 rings (SSSR count). The number of benzene rings is 2. The predicted octanol–water partition coefficient (Wildman–Crippen LogP) is 4.99. The molecule has 30 heavy (non-hydrogen) atoms. The summed E-state index contributed by atoms with van der Waals surface area (Å²) in [7, 11) is 2.91. The second-order valence-corrected chi connectivity index (χ2v) is 7.32. The molecule has 5 nitrogen and oxygen atoms in total.